The van der Waals surface area contributed by atoms with Gasteiger partial charge < -0.3 is 5.32 Å². The molecule has 3 rings (SSSR count). The number of aromatic nitrogens is 2. The molecule has 1 aliphatic carbocycles. The van der Waals surface area contributed by atoms with Crippen molar-refractivity contribution in [3.8, 4) is 0 Å². The molecule has 1 aromatic rings. The minimum absolute atomic E-state index is 0.142. The molecule has 1 saturated carbocycles. The number of carbonyl (C=O) groups is 1. The van der Waals surface area contributed by atoms with E-state index in [-0.39, 0.29) is 5.41 Å². The average Bonchev–Trinajstić information content (AvgIpc) is 3.20. The number of rotatable bonds is 5. The van der Waals surface area contributed by atoms with E-state index in [1.807, 2.05) is 6.07 Å². The highest BCUT2D eigenvalue weighted by Crippen LogP contribution is 2.32. The van der Waals surface area contributed by atoms with Crippen LogP contribution in [0.15, 0.2) is 12.3 Å². The Kier molecular flexibility index (Phi) is 3.92. The summed E-state index contributed by atoms with van der Waals surface area (Å²) in [7, 11) is 0. The molecule has 4 heteroatoms. The van der Waals surface area contributed by atoms with Crippen LogP contribution in [0.4, 0.5) is 0 Å². The van der Waals surface area contributed by atoms with Crippen molar-refractivity contribution in [2.45, 2.75) is 57.9 Å². The van der Waals surface area contributed by atoms with Crippen molar-refractivity contribution in [1.82, 2.24) is 15.1 Å². The summed E-state index contributed by atoms with van der Waals surface area (Å²) in [5.74, 6) is 0.363. The van der Waals surface area contributed by atoms with Gasteiger partial charge in [-0.2, -0.15) is 5.10 Å². The molecule has 4 nitrogen and oxygen atoms in total. The Bertz CT molecular complexity index is 468. The SMILES string of the molecule is CCC1(C(=O)Cc2ccn(C3CCCC3)n2)CCNC1. The van der Waals surface area contributed by atoms with E-state index in [0.29, 0.717) is 18.2 Å². The largest absolute Gasteiger partial charge is 0.316 e. The first-order chi connectivity index (χ1) is 9.73. The fourth-order valence-corrected chi connectivity index (χ4v) is 3.68. The van der Waals surface area contributed by atoms with Crippen molar-refractivity contribution in [2.75, 3.05) is 13.1 Å². The van der Waals surface area contributed by atoms with Crippen LogP contribution in [0, 0.1) is 5.41 Å². The molecule has 0 aromatic carbocycles. The number of Topliss-reactive ketones (excluding diaryl/α,β-unsaturated/α-hetero) is 1. The van der Waals surface area contributed by atoms with Crippen LogP contribution >= 0.6 is 0 Å². The molecule has 1 N–H and O–H groups in total. The molecule has 0 spiro atoms. The summed E-state index contributed by atoms with van der Waals surface area (Å²) in [4.78, 5) is 12.6. The number of hydrogen-bond donors (Lipinski definition) is 1. The van der Waals surface area contributed by atoms with Gasteiger partial charge in [0.1, 0.15) is 5.78 Å². The van der Waals surface area contributed by atoms with Crippen molar-refractivity contribution in [3.63, 3.8) is 0 Å². The molecular weight excluding hydrogens is 250 g/mol. The molecule has 1 unspecified atom stereocenters. The summed E-state index contributed by atoms with van der Waals surface area (Å²) < 4.78 is 2.08. The first-order valence-electron chi connectivity index (χ1n) is 8.01. The number of ketones is 1. The highest BCUT2D eigenvalue weighted by atomic mass is 16.1. The van der Waals surface area contributed by atoms with E-state index in [9.17, 15) is 4.79 Å². The lowest BCUT2D eigenvalue weighted by molar-refractivity contribution is -0.127. The lowest BCUT2D eigenvalue weighted by Crippen LogP contribution is -2.34. The van der Waals surface area contributed by atoms with Crippen LogP contribution < -0.4 is 5.32 Å². The average molecular weight is 275 g/mol. The van der Waals surface area contributed by atoms with Crippen molar-refractivity contribution in [2.24, 2.45) is 5.41 Å². The van der Waals surface area contributed by atoms with Gasteiger partial charge in [0.25, 0.3) is 0 Å². The molecule has 0 amide bonds. The van der Waals surface area contributed by atoms with E-state index in [2.05, 4.69) is 28.2 Å². The summed E-state index contributed by atoms with van der Waals surface area (Å²) in [5, 5.41) is 7.98. The molecular formula is C16H25N3O. The zero-order chi connectivity index (χ0) is 14.0. The number of carbonyl (C=O) groups excluding carboxylic acids is 1. The second-order valence-electron chi connectivity index (χ2n) is 6.39. The monoisotopic (exact) mass is 275 g/mol. The number of nitrogens with one attached hydrogen (secondary N) is 1. The predicted octanol–water partition coefficient (Wildman–Crippen LogP) is 2.50. The lowest BCUT2D eigenvalue weighted by Gasteiger charge is -2.24. The Morgan fingerprint density at radius 1 is 1.50 bits per heavy atom. The van der Waals surface area contributed by atoms with Gasteiger partial charge in [-0.3, -0.25) is 9.48 Å². The molecule has 110 valence electrons. The first-order valence-corrected chi connectivity index (χ1v) is 8.01. The summed E-state index contributed by atoms with van der Waals surface area (Å²) in [6, 6.07) is 2.59. The molecule has 2 heterocycles. The van der Waals surface area contributed by atoms with Gasteiger partial charge in [-0.05, 0) is 38.3 Å². The summed E-state index contributed by atoms with van der Waals surface area (Å²) in [6.07, 6.45) is 9.55. The molecule has 1 aliphatic heterocycles. The number of nitrogens with zero attached hydrogens (tertiary/aromatic N) is 2. The van der Waals surface area contributed by atoms with Crippen molar-refractivity contribution in [3.05, 3.63) is 18.0 Å². The lowest BCUT2D eigenvalue weighted by atomic mass is 9.78. The van der Waals surface area contributed by atoms with Gasteiger partial charge in [-0.25, -0.2) is 0 Å². The molecule has 0 radical (unpaired) electrons. The smallest absolute Gasteiger partial charge is 0.146 e. The van der Waals surface area contributed by atoms with Crippen LogP contribution in [0.1, 0.15) is 57.2 Å². The zero-order valence-corrected chi connectivity index (χ0v) is 12.4. The van der Waals surface area contributed by atoms with Gasteiger partial charge in [0.15, 0.2) is 0 Å². The summed E-state index contributed by atoms with van der Waals surface area (Å²) in [6.45, 7) is 3.93. The Hall–Kier alpha value is -1.16. The molecule has 20 heavy (non-hydrogen) atoms. The maximum absolute atomic E-state index is 12.6. The van der Waals surface area contributed by atoms with E-state index >= 15 is 0 Å². The second kappa shape index (κ2) is 5.68. The normalized spacial score (nSPS) is 27.2. The molecule has 1 atom stereocenters. The first kappa shape index (κ1) is 13.8. The van der Waals surface area contributed by atoms with Crippen LogP contribution in [0.3, 0.4) is 0 Å². The standard InChI is InChI=1S/C16H25N3O/c1-2-16(8-9-17-12-16)15(20)11-13-7-10-19(18-13)14-5-3-4-6-14/h7,10,14,17H,2-6,8-9,11-12H2,1H3. The van der Waals surface area contributed by atoms with Crippen LogP contribution in [0.25, 0.3) is 0 Å². The third kappa shape index (κ3) is 2.53. The minimum atomic E-state index is -0.142. The minimum Gasteiger partial charge on any atom is -0.316 e. The second-order valence-corrected chi connectivity index (χ2v) is 6.39. The van der Waals surface area contributed by atoms with E-state index in [4.69, 9.17) is 0 Å². The zero-order valence-electron chi connectivity index (χ0n) is 12.4. The van der Waals surface area contributed by atoms with Gasteiger partial charge in [0.2, 0.25) is 0 Å². The van der Waals surface area contributed by atoms with Crippen LogP contribution in [0.2, 0.25) is 0 Å². The molecule has 2 fully saturated rings. The number of hydrogen-bond acceptors (Lipinski definition) is 3. The van der Waals surface area contributed by atoms with Gasteiger partial charge in [-0.1, -0.05) is 19.8 Å². The van der Waals surface area contributed by atoms with Gasteiger partial charge in [0, 0.05) is 18.2 Å². The van der Waals surface area contributed by atoms with Gasteiger partial charge in [-0.15, -0.1) is 0 Å². The van der Waals surface area contributed by atoms with Crippen molar-refractivity contribution in [1.29, 1.82) is 0 Å². The Labute approximate surface area is 120 Å². The van der Waals surface area contributed by atoms with Crippen molar-refractivity contribution >= 4 is 5.78 Å². The van der Waals surface area contributed by atoms with Crippen LogP contribution in [-0.2, 0) is 11.2 Å². The van der Waals surface area contributed by atoms with E-state index in [1.165, 1.54) is 25.7 Å². The highest BCUT2D eigenvalue weighted by molar-refractivity contribution is 5.87. The van der Waals surface area contributed by atoms with Crippen LogP contribution in [0.5, 0.6) is 0 Å². The van der Waals surface area contributed by atoms with Crippen LogP contribution in [-0.4, -0.2) is 28.7 Å². The fraction of sp³-hybridized carbons (Fsp3) is 0.750. The molecule has 1 saturated heterocycles. The topological polar surface area (TPSA) is 46.9 Å². The third-order valence-corrected chi connectivity index (χ3v) is 5.22. The predicted molar refractivity (Wildman–Crippen MR) is 78.7 cm³/mol. The molecule has 2 aliphatic rings. The van der Waals surface area contributed by atoms with E-state index in [1.54, 1.807) is 0 Å². The van der Waals surface area contributed by atoms with E-state index in [0.717, 1.165) is 31.6 Å². The Morgan fingerprint density at radius 3 is 2.95 bits per heavy atom. The van der Waals surface area contributed by atoms with E-state index < -0.39 is 0 Å². The van der Waals surface area contributed by atoms with Gasteiger partial charge >= 0.3 is 0 Å². The highest BCUT2D eigenvalue weighted by Gasteiger charge is 2.39. The van der Waals surface area contributed by atoms with Crippen molar-refractivity contribution < 1.29 is 4.79 Å². The quantitative estimate of drug-likeness (QED) is 0.898. The molecule has 0 bridgehead atoms. The Balaban J connectivity index is 1.66. The van der Waals surface area contributed by atoms with Gasteiger partial charge in [0.05, 0.1) is 18.2 Å². The maximum Gasteiger partial charge on any atom is 0.146 e. The fourth-order valence-electron chi connectivity index (χ4n) is 3.68. The maximum atomic E-state index is 12.6. The third-order valence-electron chi connectivity index (χ3n) is 5.22. The summed E-state index contributed by atoms with van der Waals surface area (Å²) in [5.41, 5.74) is 0.804. The molecule has 1 aromatic heterocycles. The summed E-state index contributed by atoms with van der Waals surface area (Å²) >= 11 is 0. The Morgan fingerprint density at radius 2 is 2.30 bits per heavy atom.